The van der Waals surface area contributed by atoms with Gasteiger partial charge < -0.3 is 0 Å². The molecule has 0 bridgehead atoms. The average molecular weight is 337 g/mol. The van der Waals surface area contributed by atoms with Gasteiger partial charge >= 0.3 is 6.18 Å². The third-order valence-electron chi connectivity index (χ3n) is 3.18. The number of rotatable bonds is 3. The van der Waals surface area contributed by atoms with Crippen LogP contribution in [0.5, 0.6) is 0 Å². The first kappa shape index (κ1) is 17.3. The van der Waals surface area contributed by atoms with E-state index >= 15 is 0 Å². The Hall–Kier alpha value is -3.08. The quantitative estimate of drug-likeness (QED) is 0.662. The number of hydrazine groups is 1. The van der Waals surface area contributed by atoms with Gasteiger partial charge in [-0.15, -0.1) is 0 Å². The second kappa shape index (κ2) is 6.58. The van der Waals surface area contributed by atoms with E-state index in [2.05, 4.69) is 10.9 Å². The Morgan fingerprint density at radius 1 is 1.17 bits per heavy atom. The van der Waals surface area contributed by atoms with Gasteiger partial charge in [-0.3, -0.25) is 15.6 Å². The topological polar surface area (TPSA) is 64.9 Å². The van der Waals surface area contributed by atoms with E-state index in [1.54, 1.807) is 6.07 Å². The third-order valence-corrected chi connectivity index (χ3v) is 3.18. The summed E-state index contributed by atoms with van der Waals surface area (Å²) >= 11 is 0. The molecule has 0 fully saturated rings. The van der Waals surface area contributed by atoms with Crippen molar-refractivity contribution in [3.8, 4) is 6.07 Å². The molecule has 2 rings (SSSR count). The Labute approximate surface area is 134 Å². The Balaban J connectivity index is 2.21. The number of aryl methyl sites for hydroxylation is 1. The third kappa shape index (κ3) is 3.81. The normalized spacial score (nSPS) is 10.8. The monoisotopic (exact) mass is 337 g/mol. The zero-order valence-electron chi connectivity index (χ0n) is 12.3. The van der Waals surface area contributed by atoms with E-state index in [9.17, 15) is 22.4 Å². The molecule has 0 heterocycles. The highest BCUT2D eigenvalue weighted by atomic mass is 19.4. The van der Waals surface area contributed by atoms with E-state index in [1.807, 2.05) is 0 Å². The summed E-state index contributed by atoms with van der Waals surface area (Å²) in [7, 11) is 0. The summed E-state index contributed by atoms with van der Waals surface area (Å²) < 4.78 is 52.2. The van der Waals surface area contributed by atoms with Gasteiger partial charge in [-0.1, -0.05) is 0 Å². The fourth-order valence-electron chi connectivity index (χ4n) is 1.94. The molecular formula is C16H11F4N3O. The standard InChI is InChI=1S/C16H11F4N3O/c1-9-6-11(3-4-13(9)17)15(24)23-22-14-5-2-10(8-21)7-12(14)16(18,19)20/h2-7,22H,1H3,(H,23,24). The molecule has 1 amide bonds. The number of hydrogen-bond donors (Lipinski definition) is 2. The van der Waals surface area contributed by atoms with E-state index in [0.717, 1.165) is 12.1 Å². The maximum atomic E-state index is 13.2. The molecule has 4 nitrogen and oxygen atoms in total. The van der Waals surface area contributed by atoms with Gasteiger partial charge in [0.15, 0.2) is 0 Å². The van der Waals surface area contributed by atoms with E-state index in [1.165, 1.54) is 25.1 Å². The van der Waals surface area contributed by atoms with Crippen molar-refractivity contribution in [1.82, 2.24) is 5.43 Å². The lowest BCUT2D eigenvalue weighted by Gasteiger charge is -2.15. The van der Waals surface area contributed by atoms with Crippen molar-refractivity contribution in [2.75, 3.05) is 5.43 Å². The Kier molecular flexibility index (Phi) is 4.74. The SMILES string of the molecule is Cc1cc(C(=O)NNc2ccc(C#N)cc2C(F)(F)F)ccc1F. The molecular weight excluding hydrogens is 326 g/mol. The molecule has 0 aliphatic carbocycles. The second-order valence-corrected chi connectivity index (χ2v) is 4.91. The zero-order valence-corrected chi connectivity index (χ0v) is 12.3. The predicted molar refractivity (Wildman–Crippen MR) is 78.4 cm³/mol. The van der Waals surface area contributed by atoms with Gasteiger partial charge in [-0.25, -0.2) is 4.39 Å². The van der Waals surface area contributed by atoms with E-state index in [-0.39, 0.29) is 16.7 Å². The highest BCUT2D eigenvalue weighted by Gasteiger charge is 2.34. The molecule has 0 aromatic heterocycles. The van der Waals surface area contributed by atoms with Gasteiger partial charge in [0.2, 0.25) is 0 Å². The molecule has 24 heavy (non-hydrogen) atoms. The molecule has 0 unspecified atom stereocenters. The first-order valence-electron chi connectivity index (χ1n) is 6.66. The van der Waals surface area contributed by atoms with Crippen LogP contribution in [0.1, 0.15) is 27.0 Å². The number of halogens is 4. The van der Waals surface area contributed by atoms with Gasteiger partial charge in [0.25, 0.3) is 5.91 Å². The summed E-state index contributed by atoms with van der Waals surface area (Å²) in [5.41, 5.74) is 2.96. The molecule has 8 heteroatoms. The van der Waals surface area contributed by atoms with E-state index in [4.69, 9.17) is 5.26 Å². The molecule has 124 valence electrons. The zero-order chi connectivity index (χ0) is 17.9. The number of alkyl halides is 3. The summed E-state index contributed by atoms with van der Waals surface area (Å²) in [4.78, 5) is 11.9. The molecule has 2 N–H and O–H groups in total. The van der Waals surface area contributed by atoms with Crippen molar-refractivity contribution < 1.29 is 22.4 Å². The molecule has 0 saturated heterocycles. The van der Waals surface area contributed by atoms with Gasteiger partial charge in [-0.2, -0.15) is 18.4 Å². The highest BCUT2D eigenvalue weighted by Crippen LogP contribution is 2.35. The fourth-order valence-corrected chi connectivity index (χ4v) is 1.94. The van der Waals surface area contributed by atoms with Gasteiger partial charge in [0, 0.05) is 5.56 Å². The van der Waals surface area contributed by atoms with Crippen LogP contribution in [0.3, 0.4) is 0 Å². The predicted octanol–water partition coefficient (Wildman–Crippen LogP) is 3.78. The lowest BCUT2D eigenvalue weighted by atomic mass is 10.1. The molecule has 0 atom stereocenters. The van der Waals surface area contributed by atoms with Gasteiger partial charge in [-0.05, 0) is 48.9 Å². The largest absolute Gasteiger partial charge is 0.418 e. The number of nitrogens with zero attached hydrogens (tertiary/aromatic N) is 1. The maximum Gasteiger partial charge on any atom is 0.418 e. The first-order valence-corrected chi connectivity index (χ1v) is 6.66. The summed E-state index contributed by atoms with van der Waals surface area (Å²) in [5.74, 6) is -1.22. The van der Waals surface area contributed by atoms with Crippen molar-refractivity contribution in [2.45, 2.75) is 13.1 Å². The van der Waals surface area contributed by atoms with Crippen LogP contribution in [0.4, 0.5) is 23.2 Å². The molecule has 2 aromatic carbocycles. The number of nitrogens with one attached hydrogen (secondary N) is 2. The van der Waals surface area contributed by atoms with Crippen molar-refractivity contribution in [2.24, 2.45) is 0 Å². The van der Waals surface area contributed by atoms with Gasteiger partial charge in [0.05, 0.1) is 22.9 Å². The number of nitriles is 1. The van der Waals surface area contributed by atoms with Crippen LogP contribution in [0.25, 0.3) is 0 Å². The molecule has 0 radical (unpaired) electrons. The number of anilines is 1. The van der Waals surface area contributed by atoms with Crippen LogP contribution in [-0.2, 0) is 6.18 Å². The number of hydrogen-bond acceptors (Lipinski definition) is 3. The van der Waals surface area contributed by atoms with Crippen LogP contribution >= 0.6 is 0 Å². The van der Waals surface area contributed by atoms with Crippen LogP contribution in [0, 0.1) is 24.1 Å². The second-order valence-electron chi connectivity index (χ2n) is 4.91. The summed E-state index contributed by atoms with van der Waals surface area (Å²) in [6.07, 6.45) is -4.70. The Bertz CT molecular complexity index is 825. The van der Waals surface area contributed by atoms with Crippen LogP contribution in [-0.4, -0.2) is 5.91 Å². The number of carbonyl (C=O) groups is 1. The molecule has 0 aliphatic rings. The fraction of sp³-hybridized carbons (Fsp3) is 0.125. The van der Waals surface area contributed by atoms with Crippen molar-refractivity contribution >= 4 is 11.6 Å². The lowest BCUT2D eigenvalue weighted by molar-refractivity contribution is -0.137. The minimum atomic E-state index is -4.70. The number of carbonyl (C=O) groups excluding carboxylic acids is 1. The highest BCUT2D eigenvalue weighted by molar-refractivity contribution is 5.95. The smallest absolute Gasteiger partial charge is 0.298 e. The van der Waals surface area contributed by atoms with Crippen LogP contribution < -0.4 is 10.9 Å². The first-order chi connectivity index (χ1) is 11.2. The molecule has 0 spiro atoms. The number of amides is 1. The van der Waals surface area contributed by atoms with Crippen molar-refractivity contribution in [1.29, 1.82) is 5.26 Å². The average Bonchev–Trinajstić information content (AvgIpc) is 2.54. The number of benzene rings is 2. The van der Waals surface area contributed by atoms with E-state index in [0.29, 0.717) is 6.07 Å². The Morgan fingerprint density at radius 3 is 2.46 bits per heavy atom. The lowest BCUT2D eigenvalue weighted by Crippen LogP contribution is -2.30. The minimum absolute atomic E-state index is 0.0867. The Morgan fingerprint density at radius 2 is 1.88 bits per heavy atom. The summed E-state index contributed by atoms with van der Waals surface area (Å²) in [5, 5.41) is 8.70. The summed E-state index contributed by atoms with van der Waals surface area (Å²) in [6.45, 7) is 1.46. The summed E-state index contributed by atoms with van der Waals surface area (Å²) in [6, 6.07) is 8.10. The van der Waals surface area contributed by atoms with Crippen LogP contribution in [0.15, 0.2) is 36.4 Å². The van der Waals surface area contributed by atoms with Gasteiger partial charge in [0.1, 0.15) is 5.82 Å². The minimum Gasteiger partial charge on any atom is -0.298 e. The van der Waals surface area contributed by atoms with E-state index < -0.39 is 29.2 Å². The molecule has 0 saturated carbocycles. The maximum absolute atomic E-state index is 13.2. The molecule has 2 aromatic rings. The van der Waals surface area contributed by atoms with Crippen molar-refractivity contribution in [3.63, 3.8) is 0 Å². The van der Waals surface area contributed by atoms with Crippen molar-refractivity contribution in [3.05, 3.63) is 64.5 Å². The molecule has 0 aliphatic heterocycles. The van der Waals surface area contributed by atoms with Crippen LogP contribution in [0.2, 0.25) is 0 Å².